The number of benzene rings is 1. The first-order valence-corrected chi connectivity index (χ1v) is 7.50. The predicted octanol–water partition coefficient (Wildman–Crippen LogP) is 0.254. The van der Waals surface area contributed by atoms with Crippen molar-refractivity contribution in [1.82, 2.24) is 20.4 Å². The smallest absolute Gasteiger partial charge is 0.237 e. The Morgan fingerprint density at radius 1 is 1.41 bits per heavy atom. The summed E-state index contributed by atoms with van der Waals surface area (Å²) in [5.74, 6) is -0.0373. The molecule has 2 aromatic rings. The van der Waals surface area contributed by atoms with Gasteiger partial charge in [0.15, 0.2) is 0 Å². The molecule has 2 atom stereocenters. The molecule has 116 valence electrons. The van der Waals surface area contributed by atoms with Gasteiger partial charge in [0.2, 0.25) is 5.91 Å². The SMILES string of the molecule is O=C(NCCc1ccc(-n2cccn2)cc1)[C@H]1C[C@@H](O)CN1. The van der Waals surface area contributed by atoms with Crippen LogP contribution >= 0.6 is 0 Å². The highest BCUT2D eigenvalue weighted by molar-refractivity contribution is 5.82. The van der Waals surface area contributed by atoms with Crippen LogP contribution in [0.3, 0.4) is 0 Å². The minimum absolute atomic E-state index is 0.0373. The van der Waals surface area contributed by atoms with E-state index in [9.17, 15) is 9.90 Å². The van der Waals surface area contributed by atoms with Crippen molar-refractivity contribution in [2.75, 3.05) is 13.1 Å². The van der Waals surface area contributed by atoms with Crippen molar-refractivity contribution >= 4 is 5.91 Å². The van der Waals surface area contributed by atoms with Crippen molar-refractivity contribution in [3.05, 3.63) is 48.3 Å². The Bertz CT molecular complexity index is 610. The lowest BCUT2D eigenvalue weighted by Crippen LogP contribution is -2.41. The molecule has 1 saturated heterocycles. The monoisotopic (exact) mass is 300 g/mol. The lowest BCUT2D eigenvalue weighted by atomic mass is 10.1. The molecule has 0 bridgehead atoms. The zero-order valence-corrected chi connectivity index (χ0v) is 12.3. The molecule has 0 unspecified atom stereocenters. The maximum atomic E-state index is 11.9. The largest absolute Gasteiger partial charge is 0.392 e. The van der Waals surface area contributed by atoms with E-state index >= 15 is 0 Å². The first kappa shape index (κ1) is 14.7. The topological polar surface area (TPSA) is 79.2 Å². The number of rotatable bonds is 5. The number of nitrogens with one attached hydrogen (secondary N) is 2. The van der Waals surface area contributed by atoms with Crippen LogP contribution in [0.1, 0.15) is 12.0 Å². The zero-order valence-electron chi connectivity index (χ0n) is 12.3. The Kier molecular flexibility index (Phi) is 4.50. The standard InChI is InChI=1S/C16H20N4O2/c21-14-10-15(18-11-14)16(22)17-8-6-12-2-4-13(5-3-12)20-9-1-7-19-20/h1-5,7,9,14-15,18,21H,6,8,10-11H2,(H,17,22)/t14-,15-/m1/s1. The molecule has 6 heteroatoms. The molecular weight excluding hydrogens is 280 g/mol. The van der Waals surface area contributed by atoms with Crippen LogP contribution in [0.4, 0.5) is 0 Å². The van der Waals surface area contributed by atoms with Crippen LogP contribution in [0, 0.1) is 0 Å². The lowest BCUT2D eigenvalue weighted by Gasteiger charge is -2.11. The Morgan fingerprint density at radius 2 is 2.23 bits per heavy atom. The van der Waals surface area contributed by atoms with Crippen molar-refractivity contribution in [2.24, 2.45) is 0 Å². The molecule has 0 aliphatic carbocycles. The van der Waals surface area contributed by atoms with Gasteiger partial charge in [0.05, 0.1) is 17.8 Å². The molecular formula is C16H20N4O2. The van der Waals surface area contributed by atoms with E-state index in [1.807, 2.05) is 41.2 Å². The second-order valence-corrected chi connectivity index (χ2v) is 5.51. The van der Waals surface area contributed by atoms with Crippen LogP contribution in [-0.2, 0) is 11.2 Å². The second kappa shape index (κ2) is 6.72. The summed E-state index contributed by atoms with van der Waals surface area (Å²) in [7, 11) is 0. The molecule has 0 spiro atoms. The van der Waals surface area contributed by atoms with Crippen molar-refractivity contribution in [3.63, 3.8) is 0 Å². The van der Waals surface area contributed by atoms with Crippen molar-refractivity contribution < 1.29 is 9.90 Å². The third kappa shape index (κ3) is 3.52. The summed E-state index contributed by atoms with van der Waals surface area (Å²) in [5.41, 5.74) is 2.18. The van der Waals surface area contributed by atoms with Crippen molar-refractivity contribution in [3.8, 4) is 5.69 Å². The molecule has 3 N–H and O–H groups in total. The van der Waals surface area contributed by atoms with Gasteiger partial charge in [0, 0.05) is 25.5 Å². The predicted molar refractivity (Wildman–Crippen MR) is 82.7 cm³/mol. The summed E-state index contributed by atoms with van der Waals surface area (Å²) in [5, 5.41) is 19.5. The molecule has 2 heterocycles. The molecule has 1 aromatic carbocycles. The number of β-amino-alcohol motifs (C(OH)–C–C–N with tert-alkyl or cyclic N) is 1. The Morgan fingerprint density at radius 3 is 2.86 bits per heavy atom. The lowest BCUT2D eigenvalue weighted by molar-refractivity contribution is -0.122. The van der Waals surface area contributed by atoms with Gasteiger partial charge >= 0.3 is 0 Å². The van der Waals surface area contributed by atoms with E-state index < -0.39 is 6.10 Å². The summed E-state index contributed by atoms with van der Waals surface area (Å²) in [6, 6.07) is 9.73. The van der Waals surface area contributed by atoms with Gasteiger partial charge in [-0.15, -0.1) is 0 Å². The van der Waals surface area contributed by atoms with Crippen molar-refractivity contribution in [1.29, 1.82) is 0 Å². The summed E-state index contributed by atoms with van der Waals surface area (Å²) in [6.07, 6.45) is 4.51. The van der Waals surface area contributed by atoms with Crippen LogP contribution < -0.4 is 10.6 Å². The number of carbonyl (C=O) groups excluding carboxylic acids is 1. The fraction of sp³-hybridized carbons (Fsp3) is 0.375. The maximum absolute atomic E-state index is 11.9. The van der Waals surface area contributed by atoms with E-state index in [1.54, 1.807) is 6.20 Å². The average molecular weight is 300 g/mol. The highest BCUT2D eigenvalue weighted by Gasteiger charge is 2.27. The van der Waals surface area contributed by atoms with Crippen molar-refractivity contribution in [2.45, 2.75) is 25.0 Å². The normalized spacial score (nSPS) is 21.0. The highest BCUT2D eigenvalue weighted by atomic mass is 16.3. The van der Waals surface area contributed by atoms with Crippen LogP contribution in [-0.4, -0.2) is 46.0 Å². The second-order valence-electron chi connectivity index (χ2n) is 5.51. The van der Waals surface area contributed by atoms with Gasteiger partial charge in [0.1, 0.15) is 0 Å². The molecule has 22 heavy (non-hydrogen) atoms. The molecule has 1 amide bonds. The molecule has 1 fully saturated rings. The summed E-state index contributed by atoms with van der Waals surface area (Å²) in [6.45, 7) is 1.08. The van der Waals surface area contributed by atoms with Gasteiger partial charge < -0.3 is 15.7 Å². The van der Waals surface area contributed by atoms with E-state index in [2.05, 4.69) is 15.7 Å². The minimum atomic E-state index is -0.411. The number of aromatic nitrogens is 2. The van der Waals surface area contributed by atoms with E-state index in [0.717, 1.165) is 17.7 Å². The first-order valence-electron chi connectivity index (χ1n) is 7.50. The number of amides is 1. The van der Waals surface area contributed by atoms with E-state index in [-0.39, 0.29) is 11.9 Å². The molecule has 0 saturated carbocycles. The fourth-order valence-corrected chi connectivity index (χ4v) is 2.61. The highest BCUT2D eigenvalue weighted by Crippen LogP contribution is 2.09. The molecule has 1 aliphatic rings. The number of aliphatic hydroxyl groups is 1. The molecule has 0 radical (unpaired) electrons. The van der Waals surface area contributed by atoms with E-state index in [1.165, 1.54) is 0 Å². The first-order chi connectivity index (χ1) is 10.7. The summed E-state index contributed by atoms with van der Waals surface area (Å²) >= 11 is 0. The van der Waals surface area contributed by atoms with Gasteiger partial charge in [-0.25, -0.2) is 4.68 Å². The van der Waals surface area contributed by atoms with E-state index in [4.69, 9.17) is 0 Å². The Hall–Kier alpha value is -2.18. The number of carbonyl (C=O) groups is 1. The quantitative estimate of drug-likeness (QED) is 0.740. The van der Waals surface area contributed by atoms with Crippen LogP contribution in [0.2, 0.25) is 0 Å². The molecule has 3 rings (SSSR count). The Labute approximate surface area is 129 Å². The van der Waals surface area contributed by atoms with Crippen LogP contribution in [0.5, 0.6) is 0 Å². The summed E-state index contributed by atoms with van der Waals surface area (Å²) in [4.78, 5) is 11.9. The molecule has 6 nitrogen and oxygen atoms in total. The summed E-state index contributed by atoms with van der Waals surface area (Å²) < 4.78 is 1.81. The average Bonchev–Trinajstić information content (AvgIpc) is 3.19. The van der Waals surface area contributed by atoms with Gasteiger partial charge in [-0.3, -0.25) is 4.79 Å². The maximum Gasteiger partial charge on any atom is 0.237 e. The molecule has 1 aromatic heterocycles. The fourth-order valence-electron chi connectivity index (χ4n) is 2.61. The number of nitrogens with zero attached hydrogens (tertiary/aromatic N) is 2. The third-order valence-corrected chi connectivity index (χ3v) is 3.84. The number of aliphatic hydroxyl groups excluding tert-OH is 1. The van der Waals surface area contributed by atoms with Gasteiger partial charge in [0.25, 0.3) is 0 Å². The minimum Gasteiger partial charge on any atom is -0.392 e. The van der Waals surface area contributed by atoms with Gasteiger partial charge in [-0.2, -0.15) is 5.10 Å². The Balaban J connectivity index is 1.46. The third-order valence-electron chi connectivity index (χ3n) is 3.84. The number of hydrogen-bond acceptors (Lipinski definition) is 4. The van der Waals surface area contributed by atoms with E-state index in [0.29, 0.717) is 19.5 Å². The van der Waals surface area contributed by atoms with Gasteiger partial charge in [-0.1, -0.05) is 12.1 Å². The van der Waals surface area contributed by atoms with Crippen LogP contribution in [0.25, 0.3) is 5.69 Å². The van der Waals surface area contributed by atoms with Crippen LogP contribution in [0.15, 0.2) is 42.7 Å². The molecule has 1 aliphatic heterocycles. The van der Waals surface area contributed by atoms with Gasteiger partial charge in [-0.05, 0) is 36.6 Å². The number of hydrogen-bond donors (Lipinski definition) is 3. The zero-order chi connectivity index (χ0) is 15.4.